The summed E-state index contributed by atoms with van der Waals surface area (Å²) in [7, 11) is 0. The number of hydrogen-bond acceptors (Lipinski definition) is 3. The van der Waals surface area contributed by atoms with Gasteiger partial charge in [-0.15, -0.1) is 0 Å². The number of aromatic nitrogens is 1. The van der Waals surface area contributed by atoms with E-state index >= 15 is 0 Å². The number of anilines is 1. The number of halogens is 1. The van der Waals surface area contributed by atoms with Crippen LogP contribution in [0.15, 0.2) is 48.8 Å². The van der Waals surface area contributed by atoms with Crippen LogP contribution in [0.4, 0.5) is 10.1 Å². The summed E-state index contributed by atoms with van der Waals surface area (Å²) in [5.74, 6) is 0.628. The van der Waals surface area contributed by atoms with Crippen LogP contribution in [-0.4, -0.2) is 24.2 Å². The Bertz CT molecular complexity index is 526. The number of ether oxygens (including phenoxy) is 1. The number of pyridine rings is 1. The Morgan fingerprint density at radius 1 is 1.11 bits per heavy atom. The second-order valence-electron chi connectivity index (χ2n) is 4.28. The van der Waals surface area contributed by atoms with E-state index in [1.54, 1.807) is 24.5 Å². The highest BCUT2D eigenvalue weighted by Gasteiger charge is 2.30. The van der Waals surface area contributed by atoms with Crippen LogP contribution in [0.3, 0.4) is 0 Å². The van der Waals surface area contributed by atoms with Crippen LogP contribution < -0.4 is 9.64 Å². The van der Waals surface area contributed by atoms with Crippen molar-refractivity contribution >= 4 is 5.69 Å². The van der Waals surface area contributed by atoms with Gasteiger partial charge in [-0.05, 0) is 24.3 Å². The van der Waals surface area contributed by atoms with Crippen molar-refractivity contribution in [3.63, 3.8) is 0 Å². The molecular weight excluding hydrogens is 231 g/mol. The molecule has 0 bridgehead atoms. The van der Waals surface area contributed by atoms with E-state index in [1.165, 1.54) is 6.07 Å². The fourth-order valence-corrected chi connectivity index (χ4v) is 2.03. The molecule has 0 saturated carbocycles. The highest BCUT2D eigenvalue weighted by atomic mass is 19.1. The summed E-state index contributed by atoms with van der Waals surface area (Å²) < 4.78 is 19.3. The van der Waals surface area contributed by atoms with Crippen LogP contribution in [0.25, 0.3) is 0 Å². The molecule has 0 spiro atoms. The topological polar surface area (TPSA) is 25.4 Å². The SMILES string of the molecule is Fc1ccccc1N1CC(Oc2ccncc2)C1. The predicted octanol–water partition coefficient (Wildman–Crippen LogP) is 2.49. The summed E-state index contributed by atoms with van der Waals surface area (Å²) in [6, 6.07) is 10.5. The Hall–Kier alpha value is -2.10. The lowest BCUT2D eigenvalue weighted by molar-refractivity contribution is 0.167. The summed E-state index contributed by atoms with van der Waals surface area (Å²) in [5, 5.41) is 0. The lowest BCUT2D eigenvalue weighted by Gasteiger charge is -2.40. The molecule has 1 aliphatic heterocycles. The fraction of sp³-hybridized carbons (Fsp3) is 0.214. The molecular formula is C14H13FN2O. The Kier molecular flexibility index (Phi) is 2.84. The first kappa shape index (κ1) is 11.0. The molecule has 3 rings (SSSR count). The smallest absolute Gasteiger partial charge is 0.146 e. The number of benzene rings is 1. The Morgan fingerprint density at radius 2 is 1.83 bits per heavy atom. The molecule has 2 heterocycles. The van der Waals surface area contributed by atoms with Gasteiger partial charge in [-0.2, -0.15) is 0 Å². The molecule has 1 aliphatic rings. The van der Waals surface area contributed by atoms with Crippen molar-refractivity contribution in [2.75, 3.05) is 18.0 Å². The second-order valence-corrected chi connectivity index (χ2v) is 4.28. The van der Waals surface area contributed by atoms with Gasteiger partial charge >= 0.3 is 0 Å². The predicted molar refractivity (Wildman–Crippen MR) is 67.3 cm³/mol. The van der Waals surface area contributed by atoms with Gasteiger partial charge in [-0.3, -0.25) is 4.98 Å². The molecule has 0 N–H and O–H groups in total. The number of nitrogens with zero attached hydrogens (tertiary/aromatic N) is 2. The van der Waals surface area contributed by atoms with Crippen molar-refractivity contribution in [1.82, 2.24) is 4.98 Å². The molecule has 4 heteroatoms. The summed E-state index contributed by atoms with van der Waals surface area (Å²) in [4.78, 5) is 5.90. The molecule has 0 radical (unpaired) electrons. The zero-order valence-corrected chi connectivity index (χ0v) is 9.79. The maximum atomic E-state index is 13.5. The summed E-state index contributed by atoms with van der Waals surface area (Å²) in [5.41, 5.74) is 0.645. The lowest BCUT2D eigenvalue weighted by atomic mass is 10.1. The van der Waals surface area contributed by atoms with Crippen molar-refractivity contribution in [1.29, 1.82) is 0 Å². The zero-order valence-electron chi connectivity index (χ0n) is 9.79. The van der Waals surface area contributed by atoms with E-state index in [1.807, 2.05) is 23.1 Å². The highest BCUT2D eigenvalue weighted by molar-refractivity contribution is 5.50. The summed E-state index contributed by atoms with van der Waals surface area (Å²) in [6.45, 7) is 1.42. The molecule has 92 valence electrons. The highest BCUT2D eigenvalue weighted by Crippen LogP contribution is 2.25. The van der Waals surface area contributed by atoms with Crippen molar-refractivity contribution in [3.05, 3.63) is 54.6 Å². The van der Waals surface area contributed by atoms with Gasteiger partial charge in [-0.1, -0.05) is 12.1 Å². The van der Waals surface area contributed by atoms with Crippen molar-refractivity contribution < 1.29 is 9.13 Å². The molecule has 0 amide bonds. The van der Waals surface area contributed by atoms with Crippen molar-refractivity contribution in [3.8, 4) is 5.75 Å². The van der Waals surface area contributed by atoms with E-state index in [-0.39, 0.29) is 11.9 Å². The first-order valence-corrected chi connectivity index (χ1v) is 5.89. The maximum Gasteiger partial charge on any atom is 0.146 e. The minimum atomic E-state index is -0.181. The minimum Gasteiger partial charge on any atom is -0.487 e. The molecule has 3 nitrogen and oxygen atoms in total. The molecule has 1 saturated heterocycles. The van der Waals surface area contributed by atoms with Crippen LogP contribution in [0.2, 0.25) is 0 Å². The average Bonchev–Trinajstić information content (AvgIpc) is 2.36. The van der Waals surface area contributed by atoms with E-state index in [4.69, 9.17) is 4.74 Å². The second kappa shape index (κ2) is 4.64. The largest absolute Gasteiger partial charge is 0.487 e. The summed E-state index contributed by atoms with van der Waals surface area (Å²) in [6.07, 6.45) is 3.51. The van der Waals surface area contributed by atoms with Crippen molar-refractivity contribution in [2.45, 2.75) is 6.10 Å². The molecule has 0 aliphatic carbocycles. The molecule has 1 aromatic heterocycles. The van der Waals surface area contributed by atoms with Gasteiger partial charge in [0.25, 0.3) is 0 Å². The Morgan fingerprint density at radius 3 is 2.56 bits per heavy atom. The van der Waals surface area contributed by atoms with Crippen LogP contribution in [0, 0.1) is 5.82 Å². The van der Waals surface area contributed by atoms with E-state index < -0.39 is 0 Å². The van der Waals surface area contributed by atoms with E-state index in [2.05, 4.69) is 4.98 Å². The van der Waals surface area contributed by atoms with Crippen LogP contribution in [-0.2, 0) is 0 Å². The van der Waals surface area contributed by atoms with Crippen molar-refractivity contribution in [2.24, 2.45) is 0 Å². The van der Waals surface area contributed by atoms with Gasteiger partial charge in [0.15, 0.2) is 0 Å². The van der Waals surface area contributed by atoms with Crippen LogP contribution in [0.5, 0.6) is 5.75 Å². The first-order chi connectivity index (χ1) is 8.83. The van der Waals surface area contributed by atoms with Gasteiger partial charge in [0.2, 0.25) is 0 Å². The third-order valence-corrected chi connectivity index (χ3v) is 2.99. The minimum absolute atomic E-state index is 0.118. The average molecular weight is 244 g/mol. The fourth-order valence-electron chi connectivity index (χ4n) is 2.03. The van der Waals surface area contributed by atoms with Crippen LogP contribution in [0.1, 0.15) is 0 Å². The van der Waals surface area contributed by atoms with Gasteiger partial charge in [0.1, 0.15) is 17.7 Å². The monoisotopic (exact) mass is 244 g/mol. The Balaban J connectivity index is 1.59. The molecule has 0 atom stereocenters. The standard InChI is InChI=1S/C14H13FN2O/c15-13-3-1-2-4-14(13)17-9-12(10-17)18-11-5-7-16-8-6-11/h1-8,12H,9-10H2. The van der Waals surface area contributed by atoms with Gasteiger partial charge in [0, 0.05) is 12.4 Å². The molecule has 0 unspecified atom stereocenters. The Labute approximate surface area is 105 Å². The lowest BCUT2D eigenvalue weighted by Crippen LogP contribution is -2.54. The zero-order chi connectivity index (χ0) is 12.4. The maximum absolute atomic E-state index is 13.5. The van der Waals surface area contributed by atoms with Gasteiger partial charge < -0.3 is 9.64 Å². The number of para-hydroxylation sites is 1. The summed E-state index contributed by atoms with van der Waals surface area (Å²) >= 11 is 0. The molecule has 18 heavy (non-hydrogen) atoms. The van der Waals surface area contributed by atoms with E-state index in [9.17, 15) is 4.39 Å². The van der Waals surface area contributed by atoms with E-state index in [0.717, 1.165) is 5.75 Å². The third-order valence-electron chi connectivity index (χ3n) is 2.99. The quantitative estimate of drug-likeness (QED) is 0.829. The third kappa shape index (κ3) is 2.14. The van der Waals surface area contributed by atoms with Gasteiger partial charge in [-0.25, -0.2) is 4.39 Å². The number of rotatable bonds is 3. The molecule has 1 aromatic carbocycles. The number of hydrogen-bond donors (Lipinski definition) is 0. The van der Waals surface area contributed by atoms with E-state index in [0.29, 0.717) is 18.8 Å². The molecule has 1 fully saturated rings. The van der Waals surface area contributed by atoms with Crippen LogP contribution >= 0.6 is 0 Å². The first-order valence-electron chi connectivity index (χ1n) is 5.89. The molecule has 2 aromatic rings. The van der Waals surface area contributed by atoms with Gasteiger partial charge in [0.05, 0.1) is 18.8 Å². The normalized spacial score (nSPS) is 15.3.